The number of carbonyl (C=O) groups is 3. The van der Waals surface area contributed by atoms with Gasteiger partial charge in [-0.1, -0.05) is 6.07 Å². The highest BCUT2D eigenvalue weighted by Crippen LogP contribution is 2.51. The van der Waals surface area contributed by atoms with Crippen molar-refractivity contribution in [1.29, 1.82) is 0 Å². The van der Waals surface area contributed by atoms with Crippen LogP contribution in [0, 0.1) is 17.7 Å². The smallest absolute Gasteiger partial charge is 0.270 e. The zero-order valence-electron chi connectivity index (χ0n) is 33.9. The number of fused-ring (bicyclic) bond motifs is 2. The van der Waals surface area contributed by atoms with Crippen LogP contribution in [0.15, 0.2) is 67.1 Å². The normalized spacial score (nSPS) is 24.7. The van der Waals surface area contributed by atoms with E-state index < -0.39 is 23.7 Å². The van der Waals surface area contributed by atoms with Crippen molar-refractivity contribution < 1.29 is 28.2 Å². The number of piperidine rings is 1. The van der Waals surface area contributed by atoms with Crippen LogP contribution in [0.4, 0.5) is 15.9 Å². The predicted molar refractivity (Wildman–Crippen MR) is 223 cm³/mol. The molecule has 0 spiro atoms. The number of nitrogens with zero attached hydrogens (tertiary/aromatic N) is 8. The predicted octanol–water partition coefficient (Wildman–Crippen LogP) is 4.18. The van der Waals surface area contributed by atoms with Gasteiger partial charge in [-0.25, -0.2) is 19.6 Å². The molecule has 3 aliphatic heterocycles. The van der Waals surface area contributed by atoms with Crippen molar-refractivity contribution in [2.24, 2.45) is 11.8 Å². The van der Waals surface area contributed by atoms with Gasteiger partial charge in [0.05, 0.1) is 30.4 Å². The van der Waals surface area contributed by atoms with E-state index >= 15 is 0 Å². The first-order valence-corrected chi connectivity index (χ1v) is 21.1. The number of nitrogens with two attached hydrogens (primary N) is 1. The average molecular weight is 830 g/mol. The minimum atomic E-state index is -0.731. The molecule has 316 valence electrons. The number of hydrogen-bond donors (Lipinski definition) is 3. The lowest BCUT2D eigenvalue weighted by molar-refractivity contribution is -0.134. The van der Waals surface area contributed by atoms with Crippen LogP contribution in [0.2, 0.25) is 0 Å². The molecule has 5 fully saturated rings. The van der Waals surface area contributed by atoms with E-state index in [9.17, 15) is 18.8 Å². The molecule has 3 saturated heterocycles. The molecule has 4 N–H and O–H groups in total. The van der Waals surface area contributed by atoms with Gasteiger partial charge in [0.15, 0.2) is 17.1 Å². The van der Waals surface area contributed by atoms with Gasteiger partial charge in [-0.3, -0.25) is 29.5 Å². The van der Waals surface area contributed by atoms with Crippen molar-refractivity contribution in [3.05, 3.63) is 78.6 Å². The Kier molecular flexibility index (Phi) is 10.2. The number of ether oxygens (including phenoxy) is 2. The Bertz CT molecular complexity index is 2450. The van der Waals surface area contributed by atoms with Gasteiger partial charge < -0.3 is 25.4 Å². The molecular formula is C44H48FN11O5. The quantitative estimate of drug-likeness (QED) is 0.171. The second-order valence-electron chi connectivity index (χ2n) is 16.9. The number of anilines is 2. The lowest BCUT2D eigenvalue weighted by Crippen LogP contribution is -2.63. The number of rotatable bonds is 10. The van der Waals surface area contributed by atoms with Crippen LogP contribution in [0.3, 0.4) is 0 Å². The fourth-order valence-corrected chi connectivity index (χ4v) is 10.2. The van der Waals surface area contributed by atoms with Crippen molar-refractivity contribution in [3.63, 3.8) is 0 Å². The summed E-state index contributed by atoms with van der Waals surface area (Å²) in [6, 6.07) is 16.3. The zero-order chi connectivity index (χ0) is 41.8. The third-order valence-corrected chi connectivity index (χ3v) is 13.5. The number of aromatic nitrogens is 5. The number of nitrogen functional groups attached to an aromatic ring is 1. The average Bonchev–Trinajstić information content (AvgIpc) is 3.96. The number of pyridine rings is 1. The Labute approximate surface area is 351 Å². The minimum absolute atomic E-state index is 0.0809. The molecule has 17 heteroatoms. The Morgan fingerprint density at radius 1 is 0.869 bits per heavy atom. The van der Waals surface area contributed by atoms with E-state index in [0.29, 0.717) is 35.5 Å². The number of nitrogens with one attached hydrogen (secondary N) is 2. The Morgan fingerprint density at radius 3 is 2.26 bits per heavy atom. The van der Waals surface area contributed by atoms with Crippen molar-refractivity contribution in [2.45, 2.75) is 62.7 Å². The Balaban J connectivity index is 0.712. The molecule has 3 amide bonds. The summed E-state index contributed by atoms with van der Waals surface area (Å²) in [6.07, 6.45) is 8.23. The minimum Gasteiger partial charge on any atom is -0.494 e. The van der Waals surface area contributed by atoms with Gasteiger partial charge in [-0.05, 0) is 92.5 Å². The monoisotopic (exact) mass is 829 g/mol. The molecule has 3 unspecified atom stereocenters. The van der Waals surface area contributed by atoms with E-state index in [1.54, 1.807) is 42.6 Å². The van der Waals surface area contributed by atoms with Crippen LogP contribution < -0.4 is 30.7 Å². The van der Waals surface area contributed by atoms with Crippen LogP contribution in [0.25, 0.3) is 22.3 Å². The van der Waals surface area contributed by atoms with E-state index in [0.717, 1.165) is 80.1 Å². The van der Waals surface area contributed by atoms with Crippen molar-refractivity contribution in [2.75, 3.05) is 57.0 Å². The third-order valence-electron chi connectivity index (χ3n) is 13.5. The van der Waals surface area contributed by atoms with Gasteiger partial charge in [-0.2, -0.15) is 9.49 Å². The fraction of sp³-hybridized carbons (Fsp3) is 0.432. The number of amides is 3. The molecule has 16 nitrogen and oxygen atoms in total. The van der Waals surface area contributed by atoms with Crippen LogP contribution in [0.1, 0.15) is 55.1 Å². The Morgan fingerprint density at radius 2 is 1.57 bits per heavy atom. The SMILES string of the molecule is COc1cccc(Oc2ccc(-c3nn(C4CC5CC(N6CCN(C7CN(c8ccc(C(=O)NC9CCC(=O)NC9=O)nc8)C7)CC6)CC5C4)c4ncnc(N)c34)cc2)c1F. The summed E-state index contributed by atoms with van der Waals surface area (Å²) in [5, 5.41) is 10.8. The van der Waals surface area contributed by atoms with E-state index in [1.165, 1.54) is 26.3 Å². The maximum atomic E-state index is 14.7. The van der Waals surface area contributed by atoms with Crippen molar-refractivity contribution >= 4 is 40.3 Å². The molecule has 3 atom stereocenters. The highest BCUT2D eigenvalue weighted by atomic mass is 19.1. The van der Waals surface area contributed by atoms with Crippen LogP contribution in [0.5, 0.6) is 17.2 Å². The largest absolute Gasteiger partial charge is 0.494 e. The number of halogens is 1. The van der Waals surface area contributed by atoms with Gasteiger partial charge in [-0.15, -0.1) is 0 Å². The van der Waals surface area contributed by atoms with Crippen molar-refractivity contribution in [3.8, 4) is 28.5 Å². The highest BCUT2D eigenvalue weighted by molar-refractivity contribution is 6.03. The first-order valence-electron chi connectivity index (χ1n) is 21.1. The maximum Gasteiger partial charge on any atom is 0.270 e. The summed E-state index contributed by atoms with van der Waals surface area (Å²) in [5.74, 6) is 0.547. The molecule has 0 bridgehead atoms. The second kappa shape index (κ2) is 16.0. The maximum absolute atomic E-state index is 14.7. The number of hydrogen-bond acceptors (Lipinski definition) is 13. The lowest BCUT2D eigenvalue weighted by Gasteiger charge is -2.49. The van der Waals surface area contributed by atoms with E-state index in [4.69, 9.17) is 20.3 Å². The van der Waals surface area contributed by atoms with E-state index in [1.807, 2.05) is 18.2 Å². The van der Waals surface area contributed by atoms with Crippen LogP contribution in [-0.4, -0.2) is 117 Å². The van der Waals surface area contributed by atoms with E-state index in [-0.39, 0.29) is 42.0 Å². The fourth-order valence-electron chi connectivity index (χ4n) is 10.2. The standard InChI is InChI=1S/C44H48FN11O5/c1-60-35-3-2-4-36(39(35)45)61-32-8-5-25(6-9-32)40-38-41(46)48-24-49-42(38)56(52-40)30-19-26-17-29(18-27(26)20-30)53-13-15-54(16-14-53)31-22-55(23-31)28-7-10-33(47-21-28)43(58)50-34-11-12-37(57)51-44(34)59/h2-10,21,24,26-27,29-31,34H,11-20,22-23H2,1H3,(H,50,58)(H2,46,48,49)(H,51,57,59). The molecule has 6 heterocycles. The van der Waals surface area contributed by atoms with E-state index in [2.05, 4.69) is 45.0 Å². The van der Waals surface area contributed by atoms with Gasteiger partial charge in [0.2, 0.25) is 17.6 Å². The molecule has 5 aromatic rings. The highest BCUT2D eigenvalue weighted by Gasteiger charge is 2.46. The number of methoxy groups -OCH3 is 1. The molecule has 5 aliphatic rings. The van der Waals surface area contributed by atoms with Gasteiger partial charge >= 0.3 is 0 Å². The number of imide groups is 1. The number of carbonyl (C=O) groups excluding carboxylic acids is 3. The van der Waals surface area contributed by atoms with Crippen molar-refractivity contribution in [1.82, 2.24) is 45.2 Å². The topological polar surface area (TPSA) is 186 Å². The number of piperazine rings is 1. The summed E-state index contributed by atoms with van der Waals surface area (Å²) in [6.45, 7) is 6.10. The molecule has 3 aromatic heterocycles. The molecule has 0 radical (unpaired) electrons. The second-order valence-corrected chi connectivity index (χ2v) is 16.9. The third kappa shape index (κ3) is 7.49. The molecule has 10 rings (SSSR count). The zero-order valence-corrected chi connectivity index (χ0v) is 33.9. The van der Waals surface area contributed by atoms with Crippen LogP contribution >= 0.6 is 0 Å². The van der Waals surface area contributed by atoms with Crippen LogP contribution in [-0.2, 0) is 9.59 Å². The summed E-state index contributed by atoms with van der Waals surface area (Å²) in [5.41, 5.74) is 10.00. The first kappa shape index (κ1) is 39.0. The summed E-state index contributed by atoms with van der Waals surface area (Å²) >= 11 is 0. The summed E-state index contributed by atoms with van der Waals surface area (Å²) < 4.78 is 27.8. The molecule has 61 heavy (non-hydrogen) atoms. The summed E-state index contributed by atoms with van der Waals surface area (Å²) in [4.78, 5) is 57.1. The number of benzene rings is 2. The van der Waals surface area contributed by atoms with Gasteiger partial charge in [0.25, 0.3) is 5.91 Å². The van der Waals surface area contributed by atoms with Gasteiger partial charge in [0.1, 0.15) is 35.3 Å². The first-order chi connectivity index (χ1) is 29.7. The van der Waals surface area contributed by atoms with Gasteiger partial charge in [0, 0.05) is 63.3 Å². The lowest BCUT2D eigenvalue weighted by atomic mass is 10.0. The molecular weight excluding hydrogens is 782 g/mol. The molecule has 2 aromatic carbocycles. The Hall–Kier alpha value is -6.20. The summed E-state index contributed by atoms with van der Waals surface area (Å²) in [7, 11) is 1.42. The molecule has 2 aliphatic carbocycles. The molecule has 2 saturated carbocycles.